The second kappa shape index (κ2) is 6.93. The highest BCUT2D eigenvalue weighted by atomic mass is 15.1. The molecular weight excluding hydrogens is 248 g/mol. The Hall–Kier alpha value is -1.29. The average Bonchev–Trinajstić information content (AvgIpc) is 2.47. The maximum atomic E-state index is 4.61. The third-order valence-corrected chi connectivity index (χ3v) is 4.20. The van der Waals surface area contributed by atoms with Crippen molar-refractivity contribution < 1.29 is 0 Å². The maximum absolute atomic E-state index is 4.61. The van der Waals surface area contributed by atoms with Crippen molar-refractivity contribution in [2.45, 2.75) is 33.1 Å². The number of rotatable bonds is 6. The van der Waals surface area contributed by atoms with Crippen molar-refractivity contribution in [3.05, 3.63) is 18.2 Å². The first-order valence-corrected chi connectivity index (χ1v) is 7.75. The van der Waals surface area contributed by atoms with Gasteiger partial charge in [-0.25, -0.2) is 4.98 Å². The molecule has 0 bridgehead atoms. The van der Waals surface area contributed by atoms with Crippen LogP contribution in [0.15, 0.2) is 18.2 Å². The molecule has 0 unspecified atom stereocenters. The van der Waals surface area contributed by atoms with Gasteiger partial charge in [0, 0.05) is 13.1 Å². The number of anilines is 2. The number of likely N-dealkylation sites (tertiary alicyclic amines) is 1. The van der Waals surface area contributed by atoms with Crippen molar-refractivity contribution in [2.75, 3.05) is 43.9 Å². The van der Waals surface area contributed by atoms with E-state index < -0.39 is 0 Å². The van der Waals surface area contributed by atoms with Crippen LogP contribution in [-0.4, -0.2) is 43.1 Å². The maximum Gasteiger partial charge on any atom is 0.128 e. The summed E-state index contributed by atoms with van der Waals surface area (Å²) in [6, 6.07) is 6.14. The van der Waals surface area contributed by atoms with Gasteiger partial charge < -0.3 is 15.5 Å². The van der Waals surface area contributed by atoms with Gasteiger partial charge in [-0.1, -0.05) is 19.9 Å². The Morgan fingerprint density at radius 2 is 1.85 bits per heavy atom. The van der Waals surface area contributed by atoms with Crippen LogP contribution in [-0.2, 0) is 0 Å². The molecule has 2 rings (SSSR count). The smallest absolute Gasteiger partial charge is 0.128 e. The predicted molar refractivity (Wildman–Crippen MR) is 86.3 cm³/mol. The Kier molecular flexibility index (Phi) is 5.24. The molecule has 112 valence electrons. The van der Waals surface area contributed by atoms with Gasteiger partial charge in [-0.05, 0) is 56.9 Å². The number of pyridine rings is 1. The molecule has 20 heavy (non-hydrogen) atoms. The normalized spacial score (nSPS) is 18.8. The molecule has 1 aliphatic rings. The van der Waals surface area contributed by atoms with E-state index in [0.29, 0.717) is 5.41 Å². The summed E-state index contributed by atoms with van der Waals surface area (Å²) in [5.41, 5.74) is 0.390. The van der Waals surface area contributed by atoms with Gasteiger partial charge in [0.05, 0.1) is 0 Å². The van der Waals surface area contributed by atoms with Crippen LogP contribution in [0.1, 0.15) is 33.1 Å². The minimum absolute atomic E-state index is 0.390. The molecule has 0 amide bonds. The van der Waals surface area contributed by atoms with Gasteiger partial charge in [-0.2, -0.15) is 0 Å². The van der Waals surface area contributed by atoms with E-state index in [9.17, 15) is 0 Å². The summed E-state index contributed by atoms with van der Waals surface area (Å²) in [6.07, 6.45) is 3.62. The Balaban J connectivity index is 1.87. The highest BCUT2D eigenvalue weighted by Crippen LogP contribution is 2.30. The van der Waals surface area contributed by atoms with Gasteiger partial charge >= 0.3 is 0 Å². The number of piperidine rings is 1. The van der Waals surface area contributed by atoms with Gasteiger partial charge in [-0.3, -0.25) is 0 Å². The van der Waals surface area contributed by atoms with Crippen LogP contribution in [0.25, 0.3) is 0 Å². The van der Waals surface area contributed by atoms with E-state index in [2.05, 4.69) is 53.5 Å². The molecule has 1 aromatic rings. The second-order valence-electron chi connectivity index (χ2n) is 6.30. The van der Waals surface area contributed by atoms with Crippen LogP contribution in [0, 0.1) is 5.41 Å². The standard InChI is InChI=1S/C16H28N4/c1-4-10-17-14-6-5-7-15(19-14)18-13-16(2)8-11-20(3)12-9-16/h5-7H,4,8-13H2,1-3H3,(H2,17,18,19). The van der Waals surface area contributed by atoms with Crippen LogP contribution in [0.2, 0.25) is 0 Å². The lowest BCUT2D eigenvalue weighted by molar-refractivity contribution is 0.150. The Bertz CT molecular complexity index is 411. The first-order valence-electron chi connectivity index (χ1n) is 7.75. The van der Waals surface area contributed by atoms with Gasteiger partial charge in [-0.15, -0.1) is 0 Å². The van der Waals surface area contributed by atoms with Crippen molar-refractivity contribution in [3.8, 4) is 0 Å². The van der Waals surface area contributed by atoms with Crippen LogP contribution in [0.4, 0.5) is 11.6 Å². The Morgan fingerprint density at radius 3 is 2.50 bits per heavy atom. The molecule has 4 nitrogen and oxygen atoms in total. The van der Waals surface area contributed by atoms with Crippen LogP contribution >= 0.6 is 0 Å². The molecule has 4 heteroatoms. The van der Waals surface area contributed by atoms with E-state index in [-0.39, 0.29) is 0 Å². The number of hydrogen-bond acceptors (Lipinski definition) is 4. The average molecular weight is 276 g/mol. The fourth-order valence-corrected chi connectivity index (χ4v) is 2.52. The van der Waals surface area contributed by atoms with E-state index >= 15 is 0 Å². The second-order valence-corrected chi connectivity index (χ2v) is 6.30. The SMILES string of the molecule is CCCNc1cccc(NCC2(C)CCN(C)CC2)n1. The molecule has 0 saturated carbocycles. The molecule has 0 spiro atoms. The van der Waals surface area contributed by atoms with Crippen LogP contribution < -0.4 is 10.6 Å². The molecule has 2 heterocycles. The molecule has 2 N–H and O–H groups in total. The van der Waals surface area contributed by atoms with Crippen molar-refractivity contribution in [1.29, 1.82) is 0 Å². The number of hydrogen-bond donors (Lipinski definition) is 2. The topological polar surface area (TPSA) is 40.2 Å². The molecule has 1 aliphatic heterocycles. The van der Waals surface area contributed by atoms with E-state index in [1.165, 1.54) is 25.9 Å². The quantitative estimate of drug-likeness (QED) is 0.838. The van der Waals surface area contributed by atoms with Crippen LogP contribution in [0.5, 0.6) is 0 Å². The first-order chi connectivity index (χ1) is 9.61. The van der Waals surface area contributed by atoms with Gasteiger partial charge in [0.1, 0.15) is 11.6 Å². The lowest BCUT2D eigenvalue weighted by Gasteiger charge is -2.38. The van der Waals surface area contributed by atoms with Gasteiger partial charge in [0.25, 0.3) is 0 Å². The molecule has 0 radical (unpaired) electrons. The molecule has 0 aromatic carbocycles. The number of aromatic nitrogens is 1. The highest BCUT2D eigenvalue weighted by Gasteiger charge is 2.28. The fraction of sp³-hybridized carbons (Fsp3) is 0.688. The van der Waals surface area contributed by atoms with E-state index in [4.69, 9.17) is 0 Å². The summed E-state index contributed by atoms with van der Waals surface area (Å²) in [4.78, 5) is 7.02. The summed E-state index contributed by atoms with van der Waals surface area (Å²) in [7, 11) is 2.21. The zero-order chi connectivity index (χ0) is 14.4. The zero-order valence-corrected chi connectivity index (χ0v) is 13.1. The van der Waals surface area contributed by atoms with Crippen molar-refractivity contribution in [3.63, 3.8) is 0 Å². The highest BCUT2D eigenvalue weighted by molar-refractivity contribution is 5.45. The summed E-state index contributed by atoms with van der Waals surface area (Å²) < 4.78 is 0. The van der Waals surface area contributed by atoms with Crippen molar-refractivity contribution in [2.24, 2.45) is 5.41 Å². The summed E-state index contributed by atoms with van der Waals surface area (Å²) in [5.74, 6) is 1.94. The lowest BCUT2D eigenvalue weighted by atomic mass is 9.80. The van der Waals surface area contributed by atoms with E-state index in [0.717, 1.165) is 31.1 Å². The summed E-state index contributed by atoms with van der Waals surface area (Å²) >= 11 is 0. The van der Waals surface area contributed by atoms with Crippen molar-refractivity contribution >= 4 is 11.6 Å². The van der Waals surface area contributed by atoms with E-state index in [1.807, 2.05) is 6.07 Å². The third kappa shape index (κ3) is 4.37. The Labute approximate surface area is 123 Å². The summed E-state index contributed by atoms with van der Waals surface area (Å²) in [5, 5.41) is 6.85. The minimum Gasteiger partial charge on any atom is -0.370 e. The lowest BCUT2D eigenvalue weighted by Crippen LogP contribution is -2.40. The summed E-state index contributed by atoms with van der Waals surface area (Å²) in [6.45, 7) is 8.92. The number of nitrogens with zero attached hydrogens (tertiary/aromatic N) is 2. The molecule has 0 atom stereocenters. The van der Waals surface area contributed by atoms with E-state index in [1.54, 1.807) is 0 Å². The largest absolute Gasteiger partial charge is 0.370 e. The van der Waals surface area contributed by atoms with Crippen LogP contribution in [0.3, 0.4) is 0 Å². The van der Waals surface area contributed by atoms with Gasteiger partial charge in [0.2, 0.25) is 0 Å². The third-order valence-electron chi connectivity index (χ3n) is 4.20. The zero-order valence-electron chi connectivity index (χ0n) is 13.1. The van der Waals surface area contributed by atoms with Crippen molar-refractivity contribution in [1.82, 2.24) is 9.88 Å². The minimum atomic E-state index is 0.390. The monoisotopic (exact) mass is 276 g/mol. The first kappa shape index (κ1) is 15.1. The molecule has 1 fully saturated rings. The Morgan fingerprint density at radius 1 is 1.20 bits per heavy atom. The molecule has 1 saturated heterocycles. The van der Waals surface area contributed by atoms with Gasteiger partial charge in [0.15, 0.2) is 0 Å². The fourth-order valence-electron chi connectivity index (χ4n) is 2.52. The molecular formula is C16H28N4. The number of nitrogens with one attached hydrogen (secondary N) is 2. The molecule has 0 aliphatic carbocycles. The molecule has 1 aromatic heterocycles. The predicted octanol–water partition coefficient (Wildman–Crippen LogP) is 3.05.